The maximum atomic E-state index is 11.0. The van der Waals surface area contributed by atoms with E-state index >= 15 is 0 Å². The second kappa shape index (κ2) is 6.56. The van der Waals surface area contributed by atoms with Gasteiger partial charge in [-0.1, -0.05) is 13.5 Å². The van der Waals surface area contributed by atoms with Gasteiger partial charge in [0.2, 0.25) is 0 Å². The molecule has 14 heavy (non-hydrogen) atoms. The van der Waals surface area contributed by atoms with Crippen LogP contribution in [0.2, 0.25) is 0 Å². The predicted molar refractivity (Wildman–Crippen MR) is 52.6 cm³/mol. The third-order valence-electron chi connectivity index (χ3n) is 1.58. The van der Waals surface area contributed by atoms with Crippen molar-refractivity contribution < 1.29 is 19.0 Å². The average molecular weight is 202 g/mol. The van der Waals surface area contributed by atoms with Gasteiger partial charge in [-0.3, -0.25) is 0 Å². The summed E-state index contributed by atoms with van der Waals surface area (Å²) in [7, 11) is 0. The molecule has 0 aromatic heterocycles. The van der Waals surface area contributed by atoms with Crippen LogP contribution in [-0.2, 0) is 19.0 Å². The van der Waals surface area contributed by atoms with Crippen molar-refractivity contribution in [2.45, 2.75) is 33.2 Å². The summed E-state index contributed by atoms with van der Waals surface area (Å²) in [5.41, 5.74) is 0. The van der Waals surface area contributed by atoms with Gasteiger partial charge in [-0.05, 0) is 13.8 Å². The fourth-order valence-electron chi connectivity index (χ4n) is 1.01. The van der Waals surface area contributed by atoms with Crippen molar-refractivity contribution in [3.05, 3.63) is 12.7 Å². The Labute approximate surface area is 84.8 Å². The van der Waals surface area contributed by atoms with E-state index in [2.05, 4.69) is 6.58 Å². The molecule has 0 aromatic carbocycles. The van der Waals surface area contributed by atoms with Crippen LogP contribution >= 0.6 is 0 Å². The predicted octanol–water partition coefficient (Wildman–Crippen LogP) is 1.85. The summed E-state index contributed by atoms with van der Waals surface area (Å²) < 4.78 is 15.6. The first-order chi connectivity index (χ1) is 6.64. The molecule has 0 fully saturated rings. The highest BCUT2D eigenvalue weighted by molar-refractivity contribution is 5.81. The molecular weight excluding hydrogens is 184 g/mol. The molecule has 0 spiro atoms. The van der Waals surface area contributed by atoms with Gasteiger partial charge in [0.25, 0.3) is 0 Å². The van der Waals surface area contributed by atoms with Gasteiger partial charge >= 0.3 is 11.9 Å². The van der Waals surface area contributed by atoms with Gasteiger partial charge in [0.15, 0.2) is 0 Å². The Kier molecular flexibility index (Phi) is 6.16. The maximum Gasteiger partial charge on any atom is 0.334 e. The van der Waals surface area contributed by atoms with Crippen LogP contribution < -0.4 is 0 Å². The third-order valence-corrected chi connectivity index (χ3v) is 1.58. The first kappa shape index (κ1) is 13.1. The molecule has 0 unspecified atom stereocenters. The van der Waals surface area contributed by atoms with E-state index in [4.69, 9.17) is 14.2 Å². The molecule has 0 aliphatic heterocycles. The van der Waals surface area contributed by atoms with Crippen molar-refractivity contribution in [1.82, 2.24) is 0 Å². The number of carbonyl (C=O) groups is 1. The van der Waals surface area contributed by atoms with E-state index in [9.17, 15) is 4.79 Å². The fraction of sp³-hybridized carbons (Fsp3) is 0.700. The Balaban J connectivity index is 4.46. The summed E-state index contributed by atoms with van der Waals surface area (Å²) in [5.74, 6) is -1.80. The van der Waals surface area contributed by atoms with Crippen molar-refractivity contribution in [3.63, 3.8) is 0 Å². The first-order valence-electron chi connectivity index (χ1n) is 4.77. The number of ether oxygens (including phenoxy) is 3. The molecule has 0 aliphatic carbocycles. The van der Waals surface area contributed by atoms with E-state index in [1.807, 2.05) is 20.8 Å². The summed E-state index contributed by atoms with van der Waals surface area (Å²) in [4.78, 5) is 11.0. The molecule has 0 aliphatic rings. The van der Waals surface area contributed by atoms with Gasteiger partial charge in [0.1, 0.15) is 0 Å². The van der Waals surface area contributed by atoms with Crippen molar-refractivity contribution in [3.8, 4) is 0 Å². The molecule has 0 saturated carbocycles. The van der Waals surface area contributed by atoms with Crippen LogP contribution in [0.1, 0.15) is 27.2 Å². The smallest absolute Gasteiger partial charge is 0.334 e. The lowest BCUT2D eigenvalue weighted by Gasteiger charge is -2.30. The van der Waals surface area contributed by atoms with Crippen LogP contribution in [0.15, 0.2) is 12.7 Å². The molecule has 0 aromatic rings. The second-order valence-electron chi connectivity index (χ2n) is 2.53. The highest BCUT2D eigenvalue weighted by atomic mass is 16.9. The standard InChI is InChI=1S/C10H18O4/c1-5-9(11)14-10(6-2,12-7-3)13-8-4/h5H,1,6-8H2,2-4H3. The Morgan fingerprint density at radius 1 is 1.29 bits per heavy atom. The highest BCUT2D eigenvalue weighted by Crippen LogP contribution is 2.20. The Morgan fingerprint density at radius 3 is 2.07 bits per heavy atom. The molecule has 0 atom stereocenters. The molecule has 0 radical (unpaired) electrons. The van der Waals surface area contributed by atoms with Crippen LogP contribution in [-0.4, -0.2) is 25.2 Å². The molecule has 0 saturated heterocycles. The quantitative estimate of drug-likeness (QED) is 0.359. The highest BCUT2D eigenvalue weighted by Gasteiger charge is 2.33. The van der Waals surface area contributed by atoms with Gasteiger partial charge in [-0.2, -0.15) is 0 Å². The number of esters is 1. The zero-order chi connectivity index (χ0) is 11.0. The number of carbonyl (C=O) groups excluding carboxylic acids is 1. The zero-order valence-electron chi connectivity index (χ0n) is 9.04. The van der Waals surface area contributed by atoms with E-state index in [-0.39, 0.29) is 0 Å². The minimum Gasteiger partial charge on any atom is -0.405 e. The average Bonchev–Trinajstić information content (AvgIpc) is 2.18. The Hall–Kier alpha value is -0.870. The lowest BCUT2D eigenvalue weighted by atomic mass is 10.4. The van der Waals surface area contributed by atoms with Crippen molar-refractivity contribution in [2.75, 3.05) is 13.2 Å². The van der Waals surface area contributed by atoms with E-state index < -0.39 is 11.9 Å². The van der Waals surface area contributed by atoms with Gasteiger partial charge in [0, 0.05) is 12.5 Å². The number of rotatable bonds is 7. The number of hydrogen-bond acceptors (Lipinski definition) is 4. The molecule has 0 heterocycles. The monoisotopic (exact) mass is 202 g/mol. The summed E-state index contributed by atoms with van der Waals surface area (Å²) in [6, 6.07) is 0. The molecule has 0 bridgehead atoms. The molecule has 4 nitrogen and oxygen atoms in total. The number of hydrogen-bond donors (Lipinski definition) is 0. The molecule has 4 heteroatoms. The lowest BCUT2D eigenvalue weighted by Crippen LogP contribution is -2.40. The molecule has 82 valence electrons. The van der Waals surface area contributed by atoms with Crippen LogP contribution in [0.25, 0.3) is 0 Å². The maximum absolute atomic E-state index is 11.0. The van der Waals surface area contributed by atoms with E-state index in [0.29, 0.717) is 19.6 Å². The fourth-order valence-corrected chi connectivity index (χ4v) is 1.01. The van der Waals surface area contributed by atoms with Gasteiger partial charge in [-0.25, -0.2) is 4.79 Å². The third kappa shape index (κ3) is 3.89. The van der Waals surface area contributed by atoms with Crippen LogP contribution in [0, 0.1) is 0 Å². The Bertz CT molecular complexity index is 183. The van der Waals surface area contributed by atoms with Crippen LogP contribution in [0.5, 0.6) is 0 Å². The molecule has 0 N–H and O–H groups in total. The molecule has 0 rings (SSSR count). The molecular formula is C10H18O4. The van der Waals surface area contributed by atoms with Gasteiger partial charge in [-0.15, -0.1) is 0 Å². The largest absolute Gasteiger partial charge is 0.405 e. The normalized spacial score (nSPS) is 11.1. The van der Waals surface area contributed by atoms with E-state index in [0.717, 1.165) is 6.08 Å². The van der Waals surface area contributed by atoms with Crippen molar-refractivity contribution in [2.24, 2.45) is 0 Å². The first-order valence-corrected chi connectivity index (χ1v) is 4.77. The van der Waals surface area contributed by atoms with E-state index in [1.54, 1.807) is 0 Å². The summed E-state index contributed by atoms with van der Waals surface area (Å²) >= 11 is 0. The summed E-state index contributed by atoms with van der Waals surface area (Å²) in [5, 5.41) is 0. The lowest BCUT2D eigenvalue weighted by molar-refractivity contribution is -0.359. The van der Waals surface area contributed by atoms with E-state index in [1.165, 1.54) is 0 Å². The summed E-state index contributed by atoms with van der Waals surface area (Å²) in [6.45, 7) is 9.59. The topological polar surface area (TPSA) is 44.8 Å². The second-order valence-corrected chi connectivity index (χ2v) is 2.53. The van der Waals surface area contributed by atoms with Crippen LogP contribution in [0.4, 0.5) is 0 Å². The van der Waals surface area contributed by atoms with Crippen LogP contribution in [0.3, 0.4) is 0 Å². The zero-order valence-corrected chi connectivity index (χ0v) is 9.04. The SMILES string of the molecule is C=CC(=O)OC(CC)(OCC)OCC. The molecule has 0 amide bonds. The minimum absolute atomic E-state index is 0.415. The van der Waals surface area contributed by atoms with Crippen molar-refractivity contribution >= 4 is 5.97 Å². The summed E-state index contributed by atoms with van der Waals surface area (Å²) in [6.07, 6.45) is 1.52. The van der Waals surface area contributed by atoms with Crippen molar-refractivity contribution in [1.29, 1.82) is 0 Å². The van der Waals surface area contributed by atoms with Gasteiger partial charge < -0.3 is 14.2 Å². The Morgan fingerprint density at radius 2 is 1.79 bits per heavy atom. The van der Waals surface area contributed by atoms with Gasteiger partial charge in [0.05, 0.1) is 13.2 Å². The minimum atomic E-state index is -1.26.